The summed E-state index contributed by atoms with van der Waals surface area (Å²) in [5.74, 6) is 1.03. The van der Waals surface area contributed by atoms with Crippen LogP contribution in [0.25, 0.3) is 0 Å². The van der Waals surface area contributed by atoms with E-state index in [1.165, 1.54) is 24.0 Å². The fraction of sp³-hybridized carbons (Fsp3) is 0.619. The van der Waals surface area contributed by atoms with E-state index < -0.39 is 0 Å². The Labute approximate surface area is 150 Å². The predicted molar refractivity (Wildman–Crippen MR) is 97.2 cm³/mol. The van der Waals surface area contributed by atoms with Crippen LogP contribution in [0.2, 0.25) is 0 Å². The lowest BCUT2D eigenvalue weighted by Crippen LogP contribution is -2.47. The van der Waals surface area contributed by atoms with Crippen molar-refractivity contribution in [2.75, 3.05) is 19.6 Å². The van der Waals surface area contributed by atoms with Gasteiger partial charge in [0.25, 0.3) is 0 Å². The van der Waals surface area contributed by atoms with Gasteiger partial charge in [-0.05, 0) is 62.0 Å². The predicted octanol–water partition coefficient (Wildman–Crippen LogP) is 2.87. The summed E-state index contributed by atoms with van der Waals surface area (Å²) < 4.78 is 0. The highest BCUT2D eigenvalue weighted by atomic mass is 16.2. The molecule has 4 heteroatoms. The van der Waals surface area contributed by atoms with Gasteiger partial charge in [-0.25, -0.2) is 0 Å². The number of rotatable bonds is 4. The highest BCUT2D eigenvalue weighted by molar-refractivity contribution is 5.86. The van der Waals surface area contributed by atoms with Crippen LogP contribution in [-0.4, -0.2) is 36.3 Å². The van der Waals surface area contributed by atoms with E-state index in [9.17, 15) is 9.59 Å². The van der Waals surface area contributed by atoms with Gasteiger partial charge in [-0.1, -0.05) is 24.3 Å². The molecule has 0 aromatic heterocycles. The molecule has 25 heavy (non-hydrogen) atoms. The first-order valence-electron chi connectivity index (χ1n) is 9.86. The number of amides is 2. The van der Waals surface area contributed by atoms with Gasteiger partial charge in [-0.3, -0.25) is 9.59 Å². The molecule has 2 atom stereocenters. The number of nitrogens with one attached hydrogen (secondary N) is 1. The van der Waals surface area contributed by atoms with Crippen molar-refractivity contribution in [2.24, 2.45) is 11.8 Å². The van der Waals surface area contributed by atoms with Crippen molar-refractivity contribution in [2.45, 2.75) is 50.9 Å². The number of hydrogen-bond acceptors (Lipinski definition) is 2. The molecule has 1 saturated carbocycles. The first-order chi connectivity index (χ1) is 12.2. The van der Waals surface area contributed by atoms with Crippen LogP contribution >= 0.6 is 0 Å². The molecule has 1 heterocycles. The minimum Gasteiger partial charge on any atom is -0.356 e. The summed E-state index contributed by atoms with van der Waals surface area (Å²) in [5, 5.41) is 3.09. The number of aryl methyl sites for hydroxylation is 1. The van der Waals surface area contributed by atoms with Crippen LogP contribution in [0.3, 0.4) is 0 Å². The van der Waals surface area contributed by atoms with Crippen LogP contribution in [0.15, 0.2) is 24.3 Å². The van der Waals surface area contributed by atoms with Gasteiger partial charge in [0.15, 0.2) is 0 Å². The summed E-state index contributed by atoms with van der Waals surface area (Å²) in [6.45, 7) is 2.21. The molecular weight excluding hydrogens is 312 g/mol. The molecule has 134 valence electrons. The van der Waals surface area contributed by atoms with Crippen LogP contribution in [-0.2, 0) is 16.0 Å². The largest absolute Gasteiger partial charge is 0.356 e. The standard InChI is InChI=1S/C21H28N2O2/c24-20(22-13-15-10-11-15)17-7-4-12-23(14-17)21(25)19-9-3-6-16-5-1-2-8-18(16)19/h1-2,5,8,15,17,19H,3-4,6-7,9-14H2,(H,22,24)/t17-,19+/m0/s1. The molecule has 0 bridgehead atoms. The molecule has 4 rings (SSSR count). The number of nitrogens with zero attached hydrogens (tertiary/aromatic N) is 1. The third-order valence-electron chi connectivity index (χ3n) is 6.03. The Kier molecular flexibility index (Phi) is 4.78. The van der Waals surface area contributed by atoms with Crippen LogP contribution in [0.4, 0.5) is 0 Å². The molecule has 0 unspecified atom stereocenters. The number of fused-ring (bicyclic) bond motifs is 1. The van der Waals surface area contributed by atoms with Crippen LogP contribution in [0.5, 0.6) is 0 Å². The quantitative estimate of drug-likeness (QED) is 0.916. The molecule has 1 aliphatic heterocycles. The van der Waals surface area contributed by atoms with Crippen molar-refractivity contribution < 1.29 is 9.59 Å². The lowest BCUT2D eigenvalue weighted by Gasteiger charge is -2.36. The van der Waals surface area contributed by atoms with Gasteiger partial charge in [0.05, 0.1) is 11.8 Å². The van der Waals surface area contributed by atoms with Crippen LogP contribution in [0, 0.1) is 11.8 Å². The number of carbonyl (C=O) groups excluding carboxylic acids is 2. The molecule has 2 aliphatic carbocycles. The van der Waals surface area contributed by atoms with E-state index >= 15 is 0 Å². The van der Waals surface area contributed by atoms with Gasteiger partial charge < -0.3 is 10.2 Å². The zero-order chi connectivity index (χ0) is 17.2. The Balaban J connectivity index is 1.41. The van der Waals surface area contributed by atoms with E-state index in [2.05, 4.69) is 23.5 Å². The number of carbonyl (C=O) groups is 2. The van der Waals surface area contributed by atoms with Gasteiger partial charge in [-0.15, -0.1) is 0 Å². The number of hydrogen-bond donors (Lipinski definition) is 1. The molecule has 0 spiro atoms. The Morgan fingerprint density at radius 2 is 1.92 bits per heavy atom. The van der Waals surface area contributed by atoms with Gasteiger partial charge in [0.1, 0.15) is 0 Å². The molecule has 1 aromatic carbocycles. The molecule has 1 N–H and O–H groups in total. The second-order valence-electron chi connectivity index (χ2n) is 7.96. The molecule has 1 saturated heterocycles. The van der Waals surface area contributed by atoms with Crippen molar-refractivity contribution in [3.05, 3.63) is 35.4 Å². The lowest BCUT2D eigenvalue weighted by molar-refractivity contribution is -0.137. The Morgan fingerprint density at radius 1 is 1.08 bits per heavy atom. The van der Waals surface area contributed by atoms with E-state index in [1.54, 1.807) is 0 Å². The lowest BCUT2D eigenvalue weighted by atomic mass is 9.81. The highest BCUT2D eigenvalue weighted by Crippen LogP contribution is 2.34. The fourth-order valence-electron chi connectivity index (χ4n) is 4.33. The molecular formula is C21H28N2O2. The van der Waals surface area contributed by atoms with Crippen LogP contribution in [0.1, 0.15) is 55.6 Å². The van der Waals surface area contributed by atoms with Crippen LogP contribution < -0.4 is 5.32 Å². The number of likely N-dealkylation sites (tertiary alicyclic amines) is 1. The topological polar surface area (TPSA) is 49.4 Å². The van der Waals surface area contributed by atoms with E-state index in [0.717, 1.165) is 45.2 Å². The first-order valence-corrected chi connectivity index (χ1v) is 9.86. The maximum atomic E-state index is 13.2. The summed E-state index contributed by atoms with van der Waals surface area (Å²) >= 11 is 0. The third-order valence-corrected chi connectivity index (χ3v) is 6.03. The normalized spacial score (nSPS) is 26.0. The average molecular weight is 340 g/mol. The maximum absolute atomic E-state index is 13.2. The zero-order valence-electron chi connectivity index (χ0n) is 14.9. The Bertz CT molecular complexity index is 653. The molecule has 2 fully saturated rings. The Hall–Kier alpha value is -1.84. The van der Waals surface area contributed by atoms with Crippen molar-refractivity contribution in [3.8, 4) is 0 Å². The molecule has 4 nitrogen and oxygen atoms in total. The number of piperidine rings is 1. The first kappa shape index (κ1) is 16.6. The second kappa shape index (κ2) is 7.19. The SMILES string of the molecule is O=C(NCC1CC1)[C@H]1CCCN(C(=O)[C@@H]2CCCc3ccccc32)C1. The summed E-state index contributed by atoms with van der Waals surface area (Å²) in [7, 11) is 0. The third kappa shape index (κ3) is 3.73. The average Bonchev–Trinajstić information content (AvgIpc) is 3.49. The summed E-state index contributed by atoms with van der Waals surface area (Å²) in [6, 6.07) is 8.36. The molecule has 1 aromatic rings. The highest BCUT2D eigenvalue weighted by Gasteiger charge is 2.34. The van der Waals surface area contributed by atoms with Crippen molar-refractivity contribution in [1.29, 1.82) is 0 Å². The van der Waals surface area contributed by atoms with E-state index in [4.69, 9.17) is 0 Å². The minimum atomic E-state index is -0.0321. The summed E-state index contributed by atoms with van der Waals surface area (Å²) in [5.41, 5.74) is 2.53. The van der Waals surface area contributed by atoms with E-state index in [1.807, 2.05) is 11.0 Å². The summed E-state index contributed by atoms with van der Waals surface area (Å²) in [4.78, 5) is 27.5. The van der Waals surface area contributed by atoms with Crippen molar-refractivity contribution in [3.63, 3.8) is 0 Å². The maximum Gasteiger partial charge on any atom is 0.230 e. The van der Waals surface area contributed by atoms with Crippen molar-refractivity contribution >= 4 is 11.8 Å². The van der Waals surface area contributed by atoms with Gasteiger partial charge in [0.2, 0.25) is 11.8 Å². The second-order valence-corrected chi connectivity index (χ2v) is 7.96. The molecule has 2 amide bonds. The van der Waals surface area contributed by atoms with Crippen molar-refractivity contribution in [1.82, 2.24) is 10.2 Å². The fourth-order valence-corrected chi connectivity index (χ4v) is 4.33. The minimum absolute atomic E-state index is 0.0155. The smallest absolute Gasteiger partial charge is 0.230 e. The van der Waals surface area contributed by atoms with Gasteiger partial charge >= 0.3 is 0 Å². The Morgan fingerprint density at radius 3 is 2.76 bits per heavy atom. The summed E-state index contributed by atoms with van der Waals surface area (Å²) in [6.07, 6.45) is 7.42. The monoisotopic (exact) mass is 340 g/mol. The van der Waals surface area contributed by atoms with Gasteiger partial charge in [0, 0.05) is 19.6 Å². The van der Waals surface area contributed by atoms with E-state index in [0.29, 0.717) is 12.5 Å². The molecule has 3 aliphatic rings. The molecule has 0 radical (unpaired) electrons. The van der Waals surface area contributed by atoms with E-state index in [-0.39, 0.29) is 23.7 Å². The van der Waals surface area contributed by atoms with Gasteiger partial charge in [-0.2, -0.15) is 0 Å². The number of benzene rings is 1. The zero-order valence-corrected chi connectivity index (χ0v) is 14.9.